The van der Waals surface area contributed by atoms with Gasteiger partial charge in [-0.2, -0.15) is 18.4 Å². The highest BCUT2D eigenvalue weighted by Gasteiger charge is 2.48. The van der Waals surface area contributed by atoms with Crippen LogP contribution in [0.3, 0.4) is 0 Å². The lowest BCUT2D eigenvalue weighted by atomic mass is 9.85. The molecule has 8 nitrogen and oxygen atoms in total. The van der Waals surface area contributed by atoms with Crippen molar-refractivity contribution in [3.63, 3.8) is 0 Å². The summed E-state index contributed by atoms with van der Waals surface area (Å²) in [5.41, 5.74) is -1.05. The van der Waals surface area contributed by atoms with Crippen LogP contribution in [0.1, 0.15) is 52.6 Å². The fourth-order valence-electron chi connectivity index (χ4n) is 4.72. The molecule has 1 saturated heterocycles. The normalized spacial score (nSPS) is 19.3. The van der Waals surface area contributed by atoms with Crippen molar-refractivity contribution in [1.82, 2.24) is 20.5 Å². The third kappa shape index (κ3) is 6.32. The topological polar surface area (TPSA) is 115 Å². The van der Waals surface area contributed by atoms with Crippen LogP contribution < -0.4 is 10.6 Å². The summed E-state index contributed by atoms with van der Waals surface area (Å²) in [7, 11) is 0. The third-order valence-corrected chi connectivity index (χ3v) is 7.10. The van der Waals surface area contributed by atoms with Crippen molar-refractivity contribution in [3.05, 3.63) is 41.7 Å². The summed E-state index contributed by atoms with van der Waals surface area (Å²) in [6, 6.07) is -0.116. The number of nitrogens with one attached hydrogen (secondary N) is 2. The van der Waals surface area contributed by atoms with Gasteiger partial charge in [0.05, 0.1) is 6.07 Å². The second kappa shape index (κ2) is 11.3. The number of halogens is 5. The van der Waals surface area contributed by atoms with Gasteiger partial charge < -0.3 is 15.5 Å². The van der Waals surface area contributed by atoms with Gasteiger partial charge >= 0.3 is 12.1 Å². The molecule has 2 heterocycles. The molecule has 0 saturated carbocycles. The molecule has 0 radical (unpaired) electrons. The van der Waals surface area contributed by atoms with Crippen molar-refractivity contribution in [2.24, 2.45) is 17.3 Å². The van der Waals surface area contributed by atoms with Crippen LogP contribution in [-0.4, -0.2) is 52.4 Å². The molecule has 1 fully saturated rings. The van der Waals surface area contributed by atoms with Gasteiger partial charge in [-0.05, 0) is 35.1 Å². The predicted molar refractivity (Wildman–Crippen MR) is 134 cm³/mol. The standard InChI is InChI=1S/C27H30F5N5O3/c1-13(2)14-8-20(37(12-14)24(39)22(26(3,4)5)36-25(40)27(30,31)32)23(38)35-19(9-33)16-10-34-11-17-15(16)6-7-18(28)21(17)29/h6-7,10-11,13-14,19-20,22H,8,12H2,1-5H3,(H,35,38)(H,36,40)/t14?,19-,20+,22-/m1/s1. The molecule has 1 aliphatic heterocycles. The van der Waals surface area contributed by atoms with Crippen LogP contribution in [0.5, 0.6) is 0 Å². The molecule has 4 atom stereocenters. The highest BCUT2D eigenvalue weighted by molar-refractivity contribution is 5.94. The molecule has 3 rings (SSSR count). The molecule has 1 aliphatic rings. The highest BCUT2D eigenvalue weighted by atomic mass is 19.4. The molecule has 2 N–H and O–H groups in total. The number of alkyl halides is 3. The Morgan fingerprint density at radius 1 is 1.07 bits per heavy atom. The molecule has 0 aliphatic carbocycles. The number of likely N-dealkylation sites (tertiary alicyclic amines) is 1. The van der Waals surface area contributed by atoms with Crippen molar-refractivity contribution < 1.29 is 36.3 Å². The molecule has 1 unspecified atom stereocenters. The first-order valence-corrected chi connectivity index (χ1v) is 12.6. The van der Waals surface area contributed by atoms with Gasteiger partial charge in [0.15, 0.2) is 11.6 Å². The molecule has 1 aromatic heterocycles. The van der Waals surface area contributed by atoms with E-state index in [2.05, 4.69) is 10.3 Å². The van der Waals surface area contributed by atoms with Crippen molar-refractivity contribution >= 4 is 28.5 Å². The van der Waals surface area contributed by atoms with Crippen LogP contribution in [-0.2, 0) is 14.4 Å². The van der Waals surface area contributed by atoms with E-state index < -0.39 is 59.1 Å². The lowest BCUT2D eigenvalue weighted by Gasteiger charge is -2.35. The minimum Gasteiger partial charge on any atom is -0.336 e. The van der Waals surface area contributed by atoms with Crippen LogP contribution in [0.2, 0.25) is 0 Å². The zero-order chi connectivity index (χ0) is 30.2. The zero-order valence-corrected chi connectivity index (χ0v) is 22.6. The maximum atomic E-state index is 14.3. The first-order valence-electron chi connectivity index (χ1n) is 12.6. The van der Waals surface area contributed by atoms with Crippen LogP contribution in [0.25, 0.3) is 10.8 Å². The van der Waals surface area contributed by atoms with Gasteiger partial charge in [0.2, 0.25) is 11.8 Å². The van der Waals surface area contributed by atoms with E-state index in [1.54, 1.807) is 5.32 Å². The maximum absolute atomic E-state index is 14.3. The summed E-state index contributed by atoms with van der Waals surface area (Å²) in [5.74, 6) is -6.40. The summed E-state index contributed by atoms with van der Waals surface area (Å²) in [6.07, 6.45) is -2.75. The Balaban J connectivity index is 1.95. The number of benzene rings is 1. The fraction of sp³-hybridized carbons (Fsp3) is 0.519. The van der Waals surface area contributed by atoms with E-state index in [1.165, 1.54) is 33.0 Å². The van der Waals surface area contributed by atoms with Gasteiger partial charge in [-0.25, -0.2) is 8.78 Å². The van der Waals surface area contributed by atoms with Crippen LogP contribution >= 0.6 is 0 Å². The SMILES string of the molecule is CC(C)C1C[C@@H](C(=O)N[C@H](C#N)c2cncc3c(F)c(F)ccc23)N(C(=O)[C@@H](NC(=O)C(F)(F)F)C(C)(C)C)C1. The number of aromatic nitrogens is 1. The van der Waals surface area contributed by atoms with Crippen LogP contribution in [0, 0.1) is 40.2 Å². The Bertz CT molecular complexity index is 1350. The Hall–Kier alpha value is -3.82. The number of nitriles is 1. The number of carbonyl (C=O) groups is 3. The number of fused-ring (bicyclic) bond motifs is 1. The predicted octanol–water partition coefficient (Wildman–Crippen LogP) is 4.16. The number of hydrogen-bond donors (Lipinski definition) is 2. The van der Waals surface area contributed by atoms with Crippen LogP contribution in [0.4, 0.5) is 22.0 Å². The first kappa shape index (κ1) is 30.7. The van der Waals surface area contributed by atoms with E-state index in [-0.39, 0.29) is 41.1 Å². The van der Waals surface area contributed by atoms with E-state index in [1.807, 2.05) is 19.9 Å². The monoisotopic (exact) mass is 567 g/mol. The molecule has 13 heteroatoms. The number of nitrogens with zero attached hydrogens (tertiary/aromatic N) is 3. The van der Waals surface area contributed by atoms with Crippen molar-refractivity contribution in [3.8, 4) is 6.07 Å². The highest BCUT2D eigenvalue weighted by Crippen LogP contribution is 2.33. The Morgan fingerprint density at radius 2 is 1.73 bits per heavy atom. The smallest absolute Gasteiger partial charge is 0.336 e. The van der Waals surface area contributed by atoms with Gasteiger partial charge in [-0.1, -0.05) is 40.7 Å². The summed E-state index contributed by atoms with van der Waals surface area (Å²) >= 11 is 0. The third-order valence-electron chi connectivity index (χ3n) is 7.10. The number of pyridine rings is 1. The Morgan fingerprint density at radius 3 is 2.27 bits per heavy atom. The average Bonchev–Trinajstić information content (AvgIpc) is 3.32. The molecule has 0 spiro atoms. The molecular formula is C27H30F5N5O3. The quantitative estimate of drug-likeness (QED) is 0.509. The number of amides is 3. The zero-order valence-electron chi connectivity index (χ0n) is 22.6. The van der Waals surface area contributed by atoms with Gasteiger partial charge in [0, 0.05) is 29.9 Å². The summed E-state index contributed by atoms with van der Waals surface area (Å²) in [6.45, 7) is 8.23. The molecule has 0 bridgehead atoms. The van der Waals surface area contributed by atoms with E-state index in [0.29, 0.717) is 0 Å². The second-order valence-electron chi connectivity index (χ2n) is 11.3. The van der Waals surface area contributed by atoms with Crippen LogP contribution in [0.15, 0.2) is 24.5 Å². The van der Waals surface area contributed by atoms with Gasteiger partial charge in [-0.15, -0.1) is 0 Å². The Labute approximate surface area is 227 Å². The lowest BCUT2D eigenvalue weighted by molar-refractivity contribution is -0.176. The van der Waals surface area contributed by atoms with Crippen molar-refractivity contribution in [1.29, 1.82) is 5.26 Å². The average molecular weight is 568 g/mol. The second-order valence-corrected chi connectivity index (χ2v) is 11.3. The summed E-state index contributed by atoms with van der Waals surface area (Å²) in [4.78, 5) is 43.9. The first-order chi connectivity index (χ1) is 18.5. The van der Waals surface area contributed by atoms with E-state index in [9.17, 15) is 41.6 Å². The van der Waals surface area contributed by atoms with Crippen molar-refractivity contribution in [2.45, 2.75) is 65.3 Å². The summed E-state index contributed by atoms with van der Waals surface area (Å²) < 4.78 is 67.1. The molecule has 2 aromatic rings. The molecule has 40 heavy (non-hydrogen) atoms. The molecule has 3 amide bonds. The molecular weight excluding hydrogens is 537 g/mol. The number of hydrogen-bond acceptors (Lipinski definition) is 5. The minimum atomic E-state index is -5.22. The van der Waals surface area contributed by atoms with E-state index >= 15 is 0 Å². The maximum Gasteiger partial charge on any atom is 0.471 e. The largest absolute Gasteiger partial charge is 0.471 e. The van der Waals surface area contributed by atoms with Gasteiger partial charge in [0.1, 0.15) is 18.1 Å². The molecule has 216 valence electrons. The lowest BCUT2D eigenvalue weighted by Crippen LogP contribution is -2.59. The minimum absolute atomic E-state index is 0.00199. The van der Waals surface area contributed by atoms with E-state index in [4.69, 9.17) is 0 Å². The Kier molecular flexibility index (Phi) is 8.71. The van der Waals surface area contributed by atoms with Gasteiger partial charge in [-0.3, -0.25) is 19.4 Å². The summed E-state index contributed by atoms with van der Waals surface area (Å²) in [5, 5.41) is 14.1. The van der Waals surface area contributed by atoms with Gasteiger partial charge in [0.25, 0.3) is 0 Å². The number of carbonyl (C=O) groups excluding carboxylic acids is 3. The van der Waals surface area contributed by atoms with Crippen molar-refractivity contribution in [2.75, 3.05) is 6.54 Å². The number of rotatable bonds is 6. The fourth-order valence-corrected chi connectivity index (χ4v) is 4.72. The molecule has 1 aromatic carbocycles. The van der Waals surface area contributed by atoms with E-state index in [0.717, 1.165) is 17.2 Å².